The molecule has 1 heterocycles. The van der Waals surface area contributed by atoms with Crippen LogP contribution in [0.25, 0.3) is 0 Å². The molecule has 6 atom stereocenters. The van der Waals surface area contributed by atoms with E-state index in [1.54, 1.807) is 0 Å². The highest BCUT2D eigenvalue weighted by atomic mass is 15.2. The van der Waals surface area contributed by atoms with Crippen molar-refractivity contribution in [2.75, 3.05) is 0 Å². The number of hydrogen-bond acceptors (Lipinski definition) is 1. The third-order valence-corrected chi connectivity index (χ3v) is 6.91. The number of likely N-dealkylation sites (tertiary alicyclic amines) is 1. The number of allylic oxidation sites excluding steroid dienone is 2. The first kappa shape index (κ1) is 17.9. The molecule has 0 aromatic rings. The van der Waals surface area contributed by atoms with E-state index in [0.29, 0.717) is 0 Å². The number of fused-ring (bicyclic) bond motifs is 1. The lowest BCUT2D eigenvalue weighted by Crippen LogP contribution is -2.42. The van der Waals surface area contributed by atoms with Crippen LogP contribution in [0.4, 0.5) is 0 Å². The first-order valence-corrected chi connectivity index (χ1v) is 9.83. The summed E-state index contributed by atoms with van der Waals surface area (Å²) in [7, 11) is 0. The predicted octanol–water partition coefficient (Wildman–Crippen LogP) is 6.11. The predicted molar refractivity (Wildman–Crippen MR) is 97.8 cm³/mol. The van der Waals surface area contributed by atoms with E-state index in [-0.39, 0.29) is 0 Å². The summed E-state index contributed by atoms with van der Waals surface area (Å²) in [6.07, 6.45) is 9.30. The van der Waals surface area contributed by atoms with Crippen molar-refractivity contribution in [3.8, 4) is 0 Å². The third-order valence-electron chi connectivity index (χ3n) is 6.91. The smallest absolute Gasteiger partial charge is 0.0324 e. The van der Waals surface area contributed by atoms with E-state index in [9.17, 15) is 0 Å². The van der Waals surface area contributed by atoms with Gasteiger partial charge in [0.2, 0.25) is 0 Å². The molecule has 0 amide bonds. The van der Waals surface area contributed by atoms with Gasteiger partial charge in [-0.15, -0.1) is 0 Å². The second kappa shape index (κ2) is 7.41. The molecule has 0 aromatic carbocycles. The van der Waals surface area contributed by atoms with Gasteiger partial charge in [-0.05, 0) is 62.7 Å². The lowest BCUT2D eigenvalue weighted by atomic mass is 9.66. The van der Waals surface area contributed by atoms with E-state index in [2.05, 4.69) is 59.4 Å². The molecule has 1 nitrogen and oxygen atoms in total. The van der Waals surface area contributed by atoms with Crippen molar-refractivity contribution < 1.29 is 0 Å². The van der Waals surface area contributed by atoms with Gasteiger partial charge >= 0.3 is 0 Å². The van der Waals surface area contributed by atoms with Crippen molar-refractivity contribution >= 4 is 0 Å². The Kier molecular flexibility index (Phi) is 6.02. The van der Waals surface area contributed by atoms with Crippen LogP contribution in [0.5, 0.6) is 0 Å². The van der Waals surface area contributed by atoms with Crippen molar-refractivity contribution in [1.29, 1.82) is 0 Å². The van der Waals surface area contributed by atoms with E-state index >= 15 is 0 Å². The van der Waals surface area contributed by atoms with Crippen LogP contribution in [0.1, 0.15) is 80.6 Å². The summed E-state index contributed by atoms with van der Waals surface area (Å²) >= 11 is 0. The fraction of sp³-hybridized carbons (Fsp3) is 0.905. The molecule has 1 saturated carbocycles. The fourth-order valence-electron chi connectivity index (χ4n) is 5.52. The molecule has 5 unspecified atom stereocenters. The summed E-state index contributed by atoms with van der Waals surface area (Å²) in [4.78, 5) is 2.85. The monoisotopic (exact) mass is 305 g/mol. The Balaban J connectivity index is 2.25. The highest BCUT2D eigenvalue weighted by molar-refractivity contribution is 5.11. The molecule has 0 N–H and O–H groups in total. The zero-order valence-corrected chi connectivity index (χ0v) is 16.1. The van der Waals surface area contributed by atoms with Gasteiger partial charge in [0.25, 0.3) is 0 Å². The molecule has 1 saturated heterocycles. The summed E-state index contributed by atoms with van der Waals surface area (Å²) < 4.78 is 0. The molecule has 1 heteroatoms. The molecule has 1 aliphatic carbocycles. The minimum absolute atomic E-state index is 0.782. The van der Waals surface area contributed by atoms with Gasteiger partial charge in [-0.25, -0.2) is 0 Å². The zero-order valence-electron chi connectivity index (χ0n) is 16.1. The fourth-order valence-corrected chi connectivity index (χ4v) is 5.52. The van der Waals surface area contributed by atoms with E-state index < -0.39 is 0 Å². The molecular weight excluding hydrogens is 266 g/mol. The van der Waals surface area contributed by atoms with Gasteiger partial charge in [0.05, 0.1) is 0 Å². The van der Waals surface area contributed by atoms with Crippen molar-refractivity contribution in [2.45, 2.75) is 92.7 Å². The van der Waals surface area contributed by atoms with Crippen molar-refractivity contribution in [3.05, 3.63) is 11.8 Å². The van der Waals surface area contributed by atoms with E-state index in [1.165, 1.54) is 37.8 Å². The second-order valence-electron chi connectivity index (χ2n) is 8.49. The van der Waals surface area contributed by atoms with Crippen LogP contribution in [0, 0.1) is 29.6 Å². The van der Waals surface area contributed by atoms with E-state index in [4.69, 9.17) is 0 Å². The number of nitrogens with zero attached hydrogens (tertiary/aromatic N) is 1. The molecule has 0 spiro atoms. The average Bonchev–Trinajstić information content (AvgIpc) is 2.75. The Labute approximate surface area is 139 Å². The second-order valence-corrected chi connectivity index (χ2v) is 8.49. The van der Waals surface area contributed by atoms with Crippen LogP contribution >= 0.6 is 0 Å². The number of rotatable bonds is 5. The minimum Gasteiger partial charge on any atom is -0.369 e. The quantitative estimate of drug-likeness (QED) is 0.592. The molecule has 2 aliphatic rings. The first-order valence-electron chi connectivity index (χ1n) is 9.83. The summed E-state index contributed by atoms with van der Waals surface area (Å²) in [5, 5.41) is 0. The largest absolute Gasteiger partial charge is 0.369 e. The molecule has 0 radical (unpaired) electrons. The van der Waals surface area contributed by atoms with Crippen LogP contribution in [-0.4, -0.2) is 17.0 Å². The highest BCUT2D eigenvalue weighted by Crippen LogP contribution is 2.51. The molecule has 2 fully saturated rings. The lowest BCUT2D eigenvalue weighted by Gasteiger charge is -2.43. The van der Waals surface area contributed by atoms with Crippen LogP contribution in [0.2, 0.25) is 0 Å². The Bertz CT molecular complexity index is 383. The Hall–Kier alpha value is -0.460. The Morgan fingerprint density at radius 2 is 1.91 bits per heavy atom. The van der Waals surface area contributed by atoms with Gasteiger partial charge in [-0.1, -0.05) is 53.5 Å². The summed E-state index contributed by atoms with van der Waals surface area (Å²) in [5.74, 6) is 4.43. The average molecular weight is 306 g/mol. The molecule has 0 aromatic heterocycles. The van der Waals surface area contributed by atoms with Gasteiger partial charge in [0.15, 0.2) is 0 Å². The number of unbranched alkanes of at least 4 members (excludes halogenated alkanes) is 1. The van der Waals surface area contributed by atoms with Gasteiger partial charge < -0.3 is 4.90 Å². The third kappa shape index (κ3) is 3.24. The Morgan fingerprint density at radius 1 is 1.23 bits per heavy atom. The van der Waals surface area contributed by atoms with Crippen molar-refractivity contribution in [3.63, 3.8) is 0 Å². The standard InChI is InChI=1S/C21H39N/c1-8-10-11-20-17(7)19-13-18(14(3)4)15(5)12-21(19)22(20)16(6)9-2/h9,14-15,17-21H,8,10-13H2,1-7H3/b16-9+/t15-,17?,18?,19?,20?,21?/m1/s1. The van der Waals surface area contributed by atoms with Gasteiger partial charge in [-0.2, -0.15) is 0 Å². The maximum atomic E-state index is 2.85. The zero-order chi connectivity index (χ0) is 16.4. The Morgan fingerprint density at radius 3 is 2.45 bits per heavy atom. The summed E-state index contributed by atoms with van der Waals surface area (Å²) in [6.45, 7) is 16.8. The van der Waals surface area contributed by atoms with Crippen molar-refractivity contribution in [2.24, 2.45) is 29.6 Å². The molecular formula is C21H39N. The lowest BCUT2D eigenvalue weighted by molar-refractivity contribution is 0.0887. The molecule has 128 valence electrons. The maximum absolute atomic E-state index is 2.85. The van der Waals surface area contributed by atoms with Gasteiger partial charge in [0.1, 0.15) is 0 Å². The SMILES string of the molecule is C/C=C(\C)N1C(CCCC)C(C)C2CC(C(C)C)[C@H](C)CC21. The van der Waals surface area contributed by atoms with Crippen LogP contribution in [0.3, 0.4) is 0 Å². The topological polar surface area (TPSA) is 3.24 Å². The first-order chi connectivity index (χ1) is 10.4. The van der Waals surface area contributed by atoms with Crippen LogP contribution in [-0.2, 0) is 0 Å². The minimum atomic E-state index is 0.782. The van der Waals surface area contributed by atoms with E-state index in [0.717, 1.165) is 41.7 Å². The van der Waals surface area contributed by atoms with E-state index in [1.807, 2.05) is 0 Å². The molecule has 2 rings (SSSR count). The number of hydrogen-bond donors (Lipinski definition) is 0. The molecule has 0 bridgehead atoms. The van der Waals surface area contributed by atoms with Crippen LogP contribution < -0.4 is 0 Å². The molecule has 22 heavy (non-hydrogen) atoms. The summed E-state index contributed by atoms with van der Waals surface area (Å²) in [5.41, 5.74) is 1.52. The van der Waals surface area contributed by atoms with Crippen LogP contribution in [0.15, 0.2) is 11.8 Å². The summed E-state index contributed by atoms with van der Waals surface area (Å²) in [6, 6.07) is 1.59. The maximum Gasteiger partial charge on any atom is 0.0324 e. The van der Waals surface area contributed by atoms with Gasteiger partial charge in [0, 0.05) is 17.8 Å². The van der Waals surface area contributed by atoms with Gasteiger partial charge in [-0.3, -0.25) is 0 Å². The molecule has 1 aliphatic heterocycles. The van der Waals surface area contributed by atoms with Crippen molar-refractivity contribution in [1.82, 2.24) is 4.90 Å². The normalized spacial score (nSPS) is 39.5. The highest BCUT2D eigenvalue weighted by Gasteiger charge is 2.50.